The van der Waals surface area contributed by atoms with Crippen LogP contribution in [0.1, 0.15) is 23.3 Å². The van der Waals surface area contributed by atoms with Crippen molar-refractivity contribution in [1.82, 2.24) is 25.0 Å². The molecule has 1 aromatic carbocycles. The predicted molar refractivity (Wildman–Crippen MR) is 90.8 cm³/mol. The van der Waals surface area contributed by atoms with Gasteiger partial charge in [0.1, 0.15) is 17.7 Å². The summed E-state index contributed by atoms with van der Waals surface area (Å²) in [5.41, 5.74) is 5.45. The van der Waals surface area contributed by atoms with E-state index in [1.165, 1.54) is 18.6 Å². The molecule has 25 heavy (non-hydrogen) atoms. The lowest BCUT2D eigenvalue weighted by Crippen LogP contribution is -2.11. The van der Waals surface area contributed by atoms with Gasteiger partial charge in [-0.3, -0.25) is 9.48 Å². The fraction of sp³-hybridized carbons (Fsp3) is 0.267. The molecule has 0 aliphatic rings. The summed E-state index contributed by atoms with van der Waals surface area (Å²) in [4.78, 5) is 19.0. The monoisotopic (exact) mass is 363 g/mol. The number of rotatable bonds is 7. The smallest absolute Gasteiger partial charge is 0.270 e. The molecule has 10 heteroatoms. The number of carbonyl (C=O) groups excluding carboxylic acids is 1. The van der Waals surface area contributed by atoms with Gasteiger partial charge >= 0.3 is 0 Å². The fourth-order valence-corrected chi connectivity index (χ4v) is 2.49. The highest BCUT2D eigenvalue weighted by atomic mass is 35.5. The number of hydrogen-bond donors (Lipinski definition) is 2. The molecule has 2 heterocycles. The van der Waals surface area contributed by atoms with Gasteiger partial charge in [-0.25, -0.2) is 14.4 Å². The number of carbonyl (C=O) groups is 1. The largest absolute Gasteiger partial charge is 0.369 e. The van der Waals surface area contributed by atoms with Crippen LogP contribution in [0.5, 0.6) is 0 Å². The maximum absolute atomic E-state index is 14.0. The van der Waals surface area contributed by atoms with Crippen LogP contribution in [0, 0.1) is 5.82 Å². The number of aromatic nitrogens is 5. The molecule has 0 spiro atoms. The number of hydrogen-bond acceptors (Lipinski definition) is 6. The molecular formula is C15H15ClFN7O. The van der Waals surface area contributed by atoms with Crippen LogP contribution >= 0.6 is 11.6 Å². The molecule has 3 rings (SSSR count). The van der Waals surface area contributed by atoms with E-state index < -0.39 is 11.7 Å². The number of halogens is 2. The zero-order valence-electron chi connectivity index (χ0n) is 13.1. The third-order valence-electron chi connectivity index (χ3n) is 3.60. The number of aryl methyl sites for hydroxylation is 1. The fourth-order valence-electron chi connectivity index (χ4n) is 2.34. The van der Waals surface area contributed by atoms with E-state index in [0.29, 0.717) is 24.3 Å². The summed E-state index contributed by atoms with van der Waals surface area (Å²) in [6.45, 7) is 1.24. The molecule has 0 aliphatic heterocycles. The zero-order valence-corrected chi connectivity index (χ0v) is 13.9. The zero-order chi connectivity index (χ0) is 17.8. The third-order valence-corrected chi connectivity index (χ3v) is 3.89. The van der Waals surface area contributed by atoms with Gasteiger partial charge in [-0.1, -0.05) is 16.8 Å². The molecule has 0 aliphatic carbocycles. The van der Waals surface area contributed by atoms with E-state index in [9.17, 15) is 9.18 Å². The highest BCUT2D eigenvalue weighted by Crippen LogP contribution is 2.26. The normalized spacial score (nSPS) is 11.0. The Morgan fingerprint density at radius 2 is 2.16 bits per heavy atom. The Labute approximate surface area is 147 Å². The maximum Gasteiger partial charge on any atom is 0.270 e. The van der Waals surface area contributed by atoms with Crippen molar-refractivity contribution in [2.75, 3.05) is 11.9 Å². The molecule has 0 saturated heterocycles. The molecule has 3 aromatic rings. The van der Waals surface area contributed by atoms with Crippen LogP contribution in [0.2, 0.25) is 5.02 Å². The second-order valence-corrected chi connectivity index (χ2v) is 5.75. The van der Waals surface area contributed by atoms with E-state index in [-0.39, 0.29) is 16.2 Å². The maximum atomic E-state index is 14.0. The molecule has 2 aromatic heterocycles. The predicted octanol–water partition coefficient (Wildman–Crippen LogP) is 2.00. The Balaban J connectivity index is 1.55. The Hall–Kier alpha value is -2.81. The number of nitrogens with one attached hydrogen (secondary N) is 1. The van der Waals surface area contributed by atoms with Crippen molar-refractivity contribution in [3.8, 4) is 0 Å². The van der Waals surface area contributed by atoms with Gasteiger partial charge < -0.3 is 11.1 Å². The molecule has 1 amide bonds. The first-order valence-electron chi connectivity index (χ1n) is 7.59. The lowest BCUT2D eigenvalue weighted by Gasteiger charge is -2.09. The summed E-state index contributed by atoms with van der Waals surface area (Å²) >= 11 is 5.77. The minimum absolute atomic E-state index is 0.0281. The van der Waals surface area contributed by atoms with E-state index in [1.807, 2.05) is 0 Å². The molecule has 0 saturated carbocycles. The van der Waals surface area contributed by atoms with Gasteiger partial charge in [0.25, 0.3) is 5.91 Å². The molecule has 0 fully saturated rings. The van der Waals surface area contributed by atoms with Gasteiger partial charge in [0.05, 0.1) is 11.2 Å². The van der Waals surface area contributed by atoms with Crippen LogP contribution in [0.4, 0.5) is 10.2 Å². The summed E-state index contributed by atoms with van der Waals surface area (Å²) in [6.07, 6.45) is 4.43. The van der Waals surface area contributed by atoms with Gasteiger partial charge in [-0.2, -0.15) is 0 Å². The van der Waals surface area contributed by atoms with Crippen LogP contribution < -0.4 is 11.1 Å². The first-order chi connectivity index (χ1) is 12.1. The average Bonchev–Trinajstić information content (AvgIpc) is 3.07. The second kappa shape index (κ2) is 7.39. The summed E-state index contributed by atoms with van der Waals surface area (Å²) in [7, 11) is 0. The molecule has 3 N–H and O–H groups in total. The van der Waals surface area contributed by atoms with Crippen molar-refractivity contribution in [2.45, 2.75) is 19.4 Å². The number of unbranched alkanes of at least 4 members (excludes halogenated alkanes) is 1. The van der Waals surface area contributed by atoms with Gasteiger partial charge in [-0.15, -0.1) is 5.10 Å². The number of benzene rings is 1. The van der Waals surface area contributed by atoms with Gasteiger partial charge in [0.2, 0.25) is 0 Å². The lowest BCUT2D eigenvalue weighted by atomic mass is 10.2. The number of anilines is 1. The number of nitrogens with two attached hydrogens (primary N) is 1. The standard InChI is InChI=1S/C15H15ClFN7O/c16-10-4-3-9-13(12(10)17)20-8-21-15(9)19-5-1-2-6-24-7-11(14(18)25)22-23-24/h3-4,7-8H,1-2,5-6H2,(H2,18,25)(H,19,20,21). The SMILES string of the molecule is NC(=O)c1cn(CCCCNc2ncnc3c(F)c(Cl)ccc23)nn1. The molecule has 0 bridgehead atoms. The first kappa shape index (κ1) is 17.0. The van der Waals surface area contributed by atoms with Crippen molar-refractivity contribution in [2.24, 2.45) is 5.73 Å². The summed E-state index contributed by atoms with van der Waals surface area (Å²) in [5, 5.41) is 11.3. The van der Waals surface area contributed by atoms with E-state index >= 15 is 0 Å². The van der Waals surface area contributed by atoms with Crippen molar-refractivity contribution >= 4 is 34.2 Å². The summed E-state index contributed by atoms with van der Waals surface area (Å²) < 4.78 is 15.5. The van der Waals surface area contributed by atoms with Crippen LogP contribution in [-0.4, -0.2) is 37.4 Å². The molecule has 0 unspecified atom stereocenters. The van der Waals surface area contributed by atoms with Crippen LogP contribution in [-0.2, 0) is 6.54 Å². The number of primary amides is 1. The summed E-state index contributed by atoms with van der Waals surface area (Å²) in [5.74, 6) is -0.603. The number of nitrogens with zero attached hydrogens (tertiary/aromatic N) is 5. The topological polar surface area (TPSA) is 112 Å². The van der Waals surface area contributed by atoms with E-state index in [2.05, 4.69) is 25.6 Å². The third kappa shape index (κ3) is 3.82. The van der Waals surface area contributed by atoms with Crippen LogP contribution in [0.25, 0.3) is 10.9 Å². The number of fused-ring (bicyclic) bond motifs is 1. The minimum atomic E-state index is -0.601. The molecule has 0 radical (unpaired) electrons. The quantitative estimate of drug-likeness (QED) is 0.621. The van der Waals surface area contributed by atoms with Crippen molar-refractivity contribution in [3.63, 3.8) is 0 Å². The Morgan fingerprint density at radius 3 is 2.92 bits per heavy atom. The highest BCUT2D eigenvalue weighted by molar-refractivity contribution is 6.31. The van der Waals surface area contributed by atoms with E-state index in [4.69, 9.17) is 17.3 Å². The van der Waals surface area contributed by atoms with E-state index in [1.54, 1.807) is 10.7 Å². The number of amides is 1. The molecule has 0 atom stereocenters. The van der Waals surface area contributed by atoms with Crippen LogP contribution in [0.15, 0.2) is 24.7 Å². The Bertz CT molecular complexity index is 914. The Kier molecular flexibility index (Phi) is 5.03. The minimum Gasteiger partial charge on any atom is -0.369 e. The van der Waals surface area contributed by atoms with Crippen molar-refractivity contribution in [3.05, 3.63) is 41.2 Å². The average molecular weight is 364 g/mol. The van der Waals surface area contributed by atoms with Gasteiger partial charge in [-0.05, 0) is 25.0 Å². The van der Waals surface area contributed by atoms with Crippen molar-refractivity contribution in [1.29, 1.82) is 0 Å². The van der Waals surface area contributed by atoms with E-state index in [0.717, 1.165) is 12.8 Å². The molecule has 130 valence electrons. The highest BCUT2D eigenvalue weighted by Gasteiger charge is 2.10. The van der Waals surface area contributed by atoms with Gasteiger partial charge in [0, 0.05) is 18.5 Å². The lowest BCUT2D eigenvalue weighted by molar-refractivity contribution is 0.0995. The van der Waals surface area contributed by atoms with Crippen LogP contribution in [0.3, 0.4) is 0 Å². The Morgan fingerprint density at radius 1 is 1.32 bits per heavy atom. The second-order valence-electron chi connectivity index (χ2n) is 5.34. The molecule has 8 nitrogen and oxygen atoms in total. The first-order valence-corrected chi connectivity index (χ1v) is 7.96. The van der Waals surface area contributed by atoms with Crippen molar-refractivity contribution < 1.29 is 9.18 Å². The summed E-state index contributed by atoms with van der Waals surface area (Å²) in [6, 6.07) is 3.17. The molecular weight excluding hydrogens is 349 g/mol. The van der Waals surface area contributed by atoms with Gasteiger partial charge in [0.15, 0.2) is 11.5 Å².